The van der Waals surface area contributed by atoms with E-state index in [0.717, 1.165) is 24.4 Å². The maximum absolute atomic E-state index is 5.83. The summed E-state index contributed by atoms with van der Waals surface area (Å²) in [5.74, 6) is 4.37. The van der Waals surface area contributed by atoms with Gasteiger partial charge in [0.15, 0.2) is 0 Å². The fourth-order valence-electron chi connectivity index (χ4n) is 2.79. The molecule has 0 amide bonds. The molecule has 0 bridgehead atoms. The highest BCUT2D eigenvalue weighted by Gasteiger charge is 2.37. The first-order valence-corrected chi connectivity index (χ1v) is 6.46. The number of thioether (sulfide) groups is 1. The smallest absolute Gasteiger partial charge is 0.0139 e. The monoisotopic (exact) mass is 200 g/mol. The third-order valence-electron chi connectivity index (χ3n) is 3.69. The van der Waals surface area contributed by atoms with E-state index in [4.69, 9.17) is 5.73 Å². The zero-order chi connectivity index (χ0) is 9.26. The molecular weight excluding hydrogens is 180 g/mol. The van der Waals surface area contributed by atoms with Gasteiger partial charge in [-0.2, -0.15) is 11.8 Å². The Bertz CT molecular complexity index is 174. The minimum atomic E-state index is 0.800. The normalized spacial score (nSPS) is 41.5. The van der Waals surface area contributed by atoms with Crippen LogP contribution in [0.5, 0.6) is 0 Å². The first-order valence-electron chi connectivity index (χ1n) is 5.31. The van der Waals surface area contributed by atoms with Crippen LogP contribution in [0, 0.1) is 11.8 Å². The van der Waals surface area contributed by atoms with E-state index in [1.54, 1.807) is 0 Å². The van der Waals surface area contributed by atoms with Gasteiger partial charge < -0.3 is 10.6 Å². The van der Waals surface area contributed by atoms with Crippen LogP contribution < -0.4 is 5.73 Å². The summed E-state index contributed by atoms with van der Waals surface area (Å²) in [6.45, 7) is 2.16. The lowest BCUT2D eigenvalue weighted by Gasteiger charge is -2.46. The van der Waals surface area contributed by atoms with Crippen molar-refractivity contribution in [3.05, 3.63) is 0 Å². The number of likely N-dealkylation sites (tertiary alicyclic amines) is 1. The molecule has 0 aromatic rings. The van der Waals surface area contributed by atoms with Crippen LogP contribution in [0.1, 0.15) is 12.8 Å². The summed E-state index contributed by atoms with van der Waals surface area (Å²) in [7, 11) is 2.28. The highest BCUT2D eigenvalue weighted by atomic mass is 32.2. The molecule has 3 unspecified atom stereocenters. The van der Waals surface area contributed by atoms with Gasteiger partial charge in [0.2, 0.25) is 0 Å². The number of nitrogens with two attached hydrogens (primary N) is 1. The molecule has 2 aliphatic heterocycles. The minimum Gasteiger partial charge on any atom is -0.330 e. The van der Waals surface area contributed by atoms with Crippen molar-refractivity contribution in [1.82, 2.24) is 4.90 Å². The molecule has 2 rings (SSSR count). The van der Waals surface area contributed by atoms with Gasteiger partial charge >= 0.3 is 0 Å². The van der Waals surface area contributed by atoms with Crippen LogP contribution in [0.4, 0.5) is 0 Å². The van der Waals surface area contributed by atoms with Gasteiger partial charge in [0.05, 0.1) is 0 Å². The van der Waals surface area contributed by atoms with Gasteiger partial charge in [-0.1, -0.05) is 0 Å². The van der Waals surface area contributed by atoms with Crippen molar-refractivity contribution in [2.45, 2.75) is 18.9 Å². The standard InChI is InChI=1S/C10H20N2S/c1-12-4-2-8(6-11)9-7-13-5-3-10(9)12/h8-10H,2-7,11H2,1H3. The van der Waals surface area contributed by atoms with Crippen LogP contribution in [-0.4, -0.2) is 42.6 Å². The number of hydrogen-bond acceptors (Lipinski definition) is 3. The molecule has 2 aliphatic rings. The van der Waals surface area contributed by atoms with Crippen molar-refractivity contribution in [3.63, 3.8) is 0 Å². The molecule has 2 heterocycles. The van der Waals surface area contributed by atoms with Crippen molar-refractivity contribution in [2.24, 2.45) is 17.6 Å². The average molecular weight is 200 g/mol. The summed E-state index contributed by atoms with van der Waals surface area (Å²) < 4.78 is 0. The second-order valence-electron chi connectivity index (χ2n) is 4.36. The zero-order valence-corrected chi connectivity index (χ0v) is 9.22. The number of hydrogen-bond donors (Lipinski definition) is 1. The van der Waals surface area contributed by atoms with Gasteiger partial charge in [0, 0.05) is 6.04 Å². The lowest BCUT2D eigenvalue weighted by atomic mass is 9.79. The Balaban J connectivity index is 2.05. The number of piperidine rings is 1. The van der Waals surface area contributed by atoms with Crippen LogP contribution in [0.15, 0.2) is 0 Å². The molecule has 0 aliphatic carbocycles. The van der Waals surface area contributed by atoms with Gasteiger partial charge in [0.1, 0.15) is 0 Å². The number of fused-ring (bicyclic) bond motifs is 1. The van der Waals surface area contributed by atoms with E-state index in [0.29, 0.717) is 0 Å². The molecule has 3 atom stereocenters. The average Bonchev–Trinajstić information content (AvgIpc) is 2.19. The van der Waals surface area contributed by atoms with Crippen molar-refractivity contribution < 1.29 is 0 Å². The van der Waals surface area contributed by atoms with E-state index in [-0.39, 0.29) is 0 Å². The predicted octanol–water partition coefficient (Wildman–Crippen LogP) is 1.02. The summed E-state index contributed by atoms with van der Waals surface area (Å²) in [5.41, 5.74) is 5.83. The Morgan fingerprint density at radius 3 is 3.08 bits per heavy atom. The molecular formula is C10H20N2S. The second kappa shape index (κ2) is 4.20. The Morgan fingerprint density at radius 2 is 2.31 bits per heavy atom. The van der Waals surface area contributed by atoms with Gasteiger partial charge in [-0.05, 0) is 56.3 Å². The fraction of sp³-hybridized carbons (Fsp3) is 1.00. The SMILES string of the molecule is CN1CCC(CN)C2CSCCC21. The first-order chi connectivity index (χ1) is 6.33. The molecule has 76 valence electrons. The topological polar surface area (TPSA) is 29.3 Å². The summed E-state index contributed by atoms with van der Waals surface area (Å²) >= 11 is 2.12. The summed E-state index contributed by atoms with van der Waals surface area (Å²) in [6, 6.07) is 0.837. The van der Waals surface area contributed by atoms with E-state index in [2.05, 4.69) is 23.7 Å². The van der Waals surface area contributed by atoms with Crippen LogP contribution in [-0.2, 0) is 0 Å². The molecule has 0 saturated carbocycles. The highest BCUT2D eigenvalue weighted by molar-refractivity contribution is 7.99. The molecule has 2 fully saturated rings. The van der Waals surface area contributed by atoms with E-state index in [9.17, 15) is 0 Å². The quantitative estimate of drug-likeness (QED) is 0.685. The first kappa shape index (κ1) is 9.81. The van der Waals surface area contributed by atoms with Crippen molar-refractivity contribution in [2.75, 3.05) is 31.6 Å². The molecule has 2 nitrogen and oxygen atoms in total. The fourth-order valence-corrected chi connectivity index (χ4v) is 4.13. The van der Waals surface area contributed by atoms with Gasteiger partial charge in [-0.3, -0.25) is 0 Å². The zero-order valence-electron chi connectivity index (χ0n) is 8.41. The molecule has 3 heteroatoms. The second-order valence-corrected chi connectivity index (χ2v) is 5.51. The van der Waals surface area contributed by atoms with Crippen molar-refractivity contribution >= 4 is 11.8 Å². The maximum Gasteiger partial charge on any atom is 0.0139 e. The lowest BCUT2D eigenvalue weighted by molar-refractivity contribution is 0.0804. The van der Waals surface area contributed by atoms with Crippen LogP contribution in [0.2, 0.25) is 0 Å². The van der Waals surface area contributed by atoms with Gasteiger partial charge in [-0.25, -0.2) is 0 Å². The van der Waals surface area contributed by atoms with E-state index >= 15 is 0 Å². The Morgan fingerprint density at radius 1 is 1.46 bits per heavy atom. The molecule has 0 spiro atoms. The summed E-state index contributed by atoms with van der Waals surface area (Å²) in [6.07, 6.45) is 2.69. The maximum atomic E-state index is 5.83. The predicted molar refractivity (Wildman–Crippen MR) is 59.0 cm³/mol. The third kappa shape index (κ3) is 1.88. The Kier molecular flexibility index (Phi) is 3.17. The lowest BCUT2D eigenvalue weighted by Crippen LogP contribution is -2.51. The van der Waals surface area contributed by atoms with E-state index < -0.39 is 0 Å². The van der Waals surface area contributed by atoms with Gasteiger partial charge in [-0.15, -0.1) is 0 Å². The molecule has 13 heavy (non-hydrogen) atoms. The van der Waals surface area contributed by atoms with Crippen LogP contribution in [0.25, 0.3) is 0 Å². The number of rotatable bonds is 1. The molecule has 2 saturated heterocycles. The summed E-state index contributed by atoms with van der Waals surface area (Å²) in [4.78, 5) is 2.55. The Labute approximate surface area is 85.2 Å². The molecule has 0 aromatic heterocycles. The molecule has 2 N–H and O–H groups in total. The van der Waals surface area contributed by atoms with Crippen molar-refractivity contribution in [1.29, 1.82) is 0 Å². The Hall–Kier alpha value is 0.270. The molecule has 0 aromatic carbocycles. The third-order valence-corrected chi connectivity index (χ3v) is 4.83. The minimum absolute atomic E-state index is 0.800. The highest BCUT2D eigenvalue weighted by Crippen LogP contribution is 2.36. The molecule has 0 radical (unpaired) electrons. The van der Waals surface area contributed by atoms with Gasteiger partial charge in [0.25, 0.3) is 0 Å². The number of nitrogens with zero attached hydrogens (tertiary/aromatic N) is 1. The van der Waals surface area contributed by atoms with Crippen LogP contribution in [0.3, 0.4) is 0 Å². The van der Waals surface area contributed by atoms with Crippen LogP contribution >= 0.6 is 11.8 Å². The summed E-state index contributed by atoms with van der Waals surface area (Å²) in [5, 5.41) is 0. The van der Waals surface area contributed by atoms with E-state index in [1.165, 1.54) is 30.9 Å². The largest absolute Gasteiger partial charge is 0.330 e. The van der Waals surface area contributed by atoms with E-state index in [1.807, 2.05) is 0 Å². The van der Waals surface area contributed by atoms with Crippen molar-refractivity contribution in [3.8, 4) is 0 Å².